The molecule has 102 valence electrons. The fraction of sp³-hybridized carbons (Fsp3) is 0.750. The number of alkyl halides is 3. The molecule has 0 radical (unpaired) electrons. The highest BCUT2D eigenvalue weighted by molar-refractivity contribution is 7.09. The molecule has 1 saturated carbocycles. The topological polar surface area (TPSA) is 33.1 Å². The molecule has 1 heterocycles. The minimum atomic E-state index is -4.20. The first kappa shape index (κ1) is 13.8. The average Bonchev–Trinajstić information content (AvgIpc) is 2.62. The summed E-state index contributed by atoms with van der Waals surface area (Å²) in [6.07, 6.45) is -3.20. The van der Waals surface area contributed by atoms with Crippen LogP contribution in [-0.4, -0.2) is 21.9 Å². The quantitative estimate of drug-likeness (QED) is 0.899. The number of hydrogen-bond acceptors (Lipinski definition) is 3. The smallest absolute Gasteiger partial charge is 0.389 e. The third-order valence-corrected chi connectivity index (χ3v) is 4.28. The van der Waals surface area contributed by atoms with E-state index in [2.05, 4.69) is 4.98 Å². The van der Waals surface area contributed by atoms with E-state index in [0.717, 1.165) is 5.01 Å². The van der Waals surface area contributed by atoms with Gasteiger partial charge < -0.3 is 5.11 Å². The van der Waals surface area contributed by atoms with Gasteiger partial charge >= 0.3 is 6.18 Å². The van der Waals surface area contributed by atoms with Crippen molar-refractivity contribution in [2.24, 2.45) is 5.92 Å². The number of aromatic nitrogens is 1. The van der Waals surface area contributed by atoms with E-state index >= 15 is 0 Å². The van der Waals surface area contributed by atoms with Crippen LogP contribution in [0.4, 0.5) is 13.2 Å². The highest BCUT2D eigenvalue weighted by atomic mass is 32.1. The zero-order valence-corrected chi connectivity index (χ0v) is 10.9. The van der Waals surface area contributed by atoms with E-state index in [9.17, 15) is 18.3 Å². The van der Waals surface area contributed by atoms with Gasteiger partial charge in [0.25, 0.3) is 0 Å². The van der Waals surface area contributed by atoms with Gasteiger partial charge in [0.1, 0.15) is 0 Å². The van der Waals surface area contributed by atoms with Gasteiger partial charge in [-0.1, -0.05) is 0 Å². The molecule has 1 N–H and O–H groups in total. The van der Waals surface area contributed by atoms with Gasteiger partial charge in [0, 0.05) is 11.8 Å². The summed E-state index contributed by atoms with van der Waals surface area (Å²) in [5.41, 5.74) is -0.554. The van der Waals surface area contributed by atoms with Gasteiger partial charge in [-0.2, -0.15) is 13.2 Å². The van der Waals surface area contributed by atoms with Crippen molar-refractivity contribution in [2.45, 2.75) is 50.8 Å². The Morgan fingerprint density at radius 1 is 1.56 bits per heavy atom. The second kappa shape index (κ2) is 4.81. The fourth-order valence-electron chi connectivity index (χ4n) is 2.61. The SMILES string of the molecule is Cc1nc(CC2(O)CCCC(C(F)(F)F)C2)cs1. The third kappa shape index (κ3) is 3.23. The predicted octanol–water partition coefficient (Wildman–Crippen LogP) is 3.48. The van der Waals surface area contributed by atoms with Gasteiger partial charge in [0.05, 0.1) is 22.2 Å². The normalized spacial score (nSPS) is 29.5. The van der Waals surface area contributed by atoms with Crippen LogP contribution in [0.2, 0.25) is 0 Å². The van der Waals surface area contributed by atoms with Gasteiger partial charge in [0.15, 0.2) is 0 Å². The van der Waals surface area contributed by atoms with Crippen LogP contribution in [0.1, 0.15) is 36.4 Å². The summed E-state index contributed by atoms with van der Waals surface area (Å²) in [5, 5.41) is 13.0. The van der Waals surface area contributed by atoms with Crippen LogP contribution < -0.4 is 0 Å². The van der Waals surface area contributed by atoms with Crippen LogP contribution in [0.25, 0.3) is 0 Å². The van der Waals surface area contributed by atoms with Crippen LogP contribution in [0, 0.1) is 12.8 Å². The first-order valence-electron chi connectivity index (χ1n) is 5.99. The molecular weight excluding hydrogens is 263 g/mol. The largest absolute Gasteiger partial charge is 0.391 e. The number of halogens is 3. The highest BCUT2D eigenvalue weighted by Crippen LogP contribution is 2.42. The van der Waals surface area contributed by atoms with Crippen LogP contribution in [0.15, 0.2) is 5.38 Å². The van der Waals surface area contributed by atoms with Gasteiger partial charge in [-0.15, -0.1) is 11.3 Å². The molecule has 2 atom stereocenters. The third-order valence-electron chi connectivity index (χ3n) is 3.46. The Morgan fingerprint density at radius 2 is 2.28 bits per heavy atom. The van der Waals surface area contributed by atoms with E-state index in [-0.39, 0.29) is 19.3 Å². The van der Waals surface area contributed by atoms with Crippen LogP contribution in [0.3, 0.4) is 0 Å². The molecule has 1 aromatic rings. The van der Waals surface area contributed by atoms with Crippen molar-refractivity contribution in [3.05, 3.63) is 16.1 Å². The maximum absolute atomic E-state index is 12.7. The maximum Gasteiger partial charge on any atom is 0.391 e. The number of aliphatic hydroxyl groups is 1. The Bertz CT molecular complexity index is 418. The molecule has 1 aromatic heterocycles. The molecule has 0 aromatic carbocycles. The Kier molecular flexibility index (Phi) is 3.69. The van der Waals surface area contributed by atoms with E-state index in [1.165, 1.54) is 11.3 Å². The molecule has 1 aliphatic rings. The van der Waals surface area contributed by atoms with E-state index < -0.39 is 17.7 Å². The fourth-order valence-corrected chi connectivity index (χ4v) is 3.22. The Hall–Kier alpha value is -0.620. The molecule has 18 heavy (non-hydrogen) atoms. The van der Waals surface area contributed by atoms with Crippen molar-refractivity contribution in [1.29, 1.82) is 0 Å². The number of hydrogen-bond donors (Lipinski definition) is 1. The minimum Gasteiger partial charge on any atom is -0.389 e. The van der Waals surface area contributed by atoms with Gasteiger partial charge in [-0.3, -0.25) is 0 Å². The number of nitrogens with zero attached hydrogens (tertiary/aromatic N) is 1. The van der Waals surface area contributed by atoms with E-state index in [0.29, 0.717) is 18.5 Å². The molecule has 2 rings (SSSR count). The van der Waals surface area contributed by atoms with Crippen LogP contribution in [0.5, 0.6) is 0 Å². The predicted molar refractivity (Wildman–Crippen MR) is 63.5 cm³/mol. The van der Waals surface area contributed by atoms with E-state index in [4.69, 9.17) is 0 Å². The van der Waals surface area contributed by atoms with Gasteiger partial charge in [-0.25, -0.2) is 4.98 Å². The van der Waals surface area contributed by atoms with Crippen LogP contribution >= 0.6 is 11.3 Å². The zero-order valence-electron chi connectivity index (χ0n) is 10.1. The molecular formula is C12H16F3NOS. The Balaban J connectivity index is 2.06. The first-order chi connectivity index (χ1) is 8.28. The molecule has 2 unspecified atom stereocenters. The molecule has 2 nitrogen and oxygen atoms in total. The number of rotatable bonds is 2. The first-order valence-corrected chi connectivity index (χ1v) is 6.87. The summed E-state index contributed by atoms with van der Waals surface area (Å²) in [5.74, 6) is -1.38. The molecule has 0 aliphatic heterocycles. The molecule has 1 fully saturated rings. The Morgan fingerprint density at radius 3 is 2.83 bits per heavy atom. The van der Waals surface area contributed by atoms with Gasteiger partial charge in [0.2, 0.25) is 0 Å². The lowest BCUT2D eigenvalue weighted by Gasteiger charge is -2.37. The maximum atomic E-state index is 12.7. The molecule has 0 amide bonds. The standard InChI is InChI=1S/C12H16F3NOS/c1-8-16-10(7-18-8)6-11(17)4-2-3-9(5-11)12(13,14)15/h7,9,17H,2-6H2,1H3. The van der Waals surface area contributed by atoms with Crippen molar-refractivity contribution in [2.75, 3.05) is 0 Å². The van der Waals surface area contributed by atoms with Gasteiger partial charge in [-0.05, 0) is 32.6 Å². The molecule has 0 saturated heterocycles. The summed E-state index contributed by atoms with van der Waals surface area (Å²) in [7, 11) is 0. The van der Waals surface area contributed by atoms with Crippen molar-refractivity contribution in [3.63, 3.8) is 0 Å². The second-order valence-electron chi connectivity index (χ2n) is 5.09. The zero-order chi connectivity index (χ0) is 13.4. The molecule has 0 bridgehead atoms. The molecule has 0 spiro atoms. The summed E-state index contributed by atoms with van der Waals surface area (Å²) in [4.78, 5) is 4.21. The highest BCUT2D eigenvalue weighted by Gasteiger charge is 2.47. The van der Waals surface area contributed by atoms with Crippen molar-refractivity contribution >= 4 is 11.3 Å². The lowest BCUT2D eigenvalue weighted by atomic mass is 9.75. The Labute approximate surface area is 108 Å². The van der Waals surface area contributed by atoms with Crippen molar-refractivity contribution in [3.8, 4) is 0 Å². The summed E-state index contributed by atoms with van der Waals surface area (Å²) in [6, 6.07) is 0. The minimum absolute atomic E-state index is 0.127. The molecule has 1 aliphatic carbocycles. The lowest BCUT2D eigenvalue weighted by molar-refractivity contribution is -0.200. The summed E-state index contributed by atoms with van der Waals surface area (Å²) < 4.78 is 38.1. The van der Waals surface area contributed by atoms with Crippen molar-refractivity contribution < 1.29 is 18.3 Å². The van der Waals surface area contributed by atoms with E-state index in [1.54, 1.807) is 0 Å². The second-order valence-corrected chi connectivity index (χ2v) is 6.16. The van der Waals surface area contributed by atoms with Crippen LogP contribution in [-0.2, 0) is 6.42 Å². The van der Waals surface area contributed by atoms with E-state index in [1.807, 2.05) is 12.3 Å². The monoisotopic (exact) mass is 279 g/mol. The molecule has 6 heteroatoms. The lowest BCUT2D eigenvalue weighted by Crippen LogP contribution is -2.42. The number of thiazole rings is 1. The van der Waals surface area contributed by atoms with Crippen molar-refractivity contribution in [1.82, 2.24) is 4.98 Å². The average molecular weight is 279 g/mol. The summed E-state index contributed by atoms with van der Waals surface area (Å²) in [6.45, 7) is 1.84. The summed E-state index contributed by atoms with van der Waals surface area (Å²) >= 11 is 1.45. The number of aryl methyl sites for hydroxylation is 1.